The molecule has 2 heterocycles. The number of anilines is 1. The predicted molar refractivity (Wildman–Crippen MR) is 107 cm³/mol. The molecule has 154 valence electrons. The molecule has 1 aliphatic heterocycles. The van der Waals surface area contributed by atoms with E-state index in [1.54, 1.807) is 25.3 Å². The van der Waals surface area contributed by atoms with Crippen LogP contribution in [-0.4, -0.2) is 74.1 Å². The topological polar surface area (TPSA) is 96.9 Å². The molecule has 0 spiro atoms. The van der Waals surface area contributed by atoms with E-state index < -0.39 is 0 Å². The van der Waals surface area contributed by atoms with E-state index in [1.165, 1.54) is 6.20 Å². The van der Waals surface area contributed by atoms with Gasteiger partial charge in [-0.3, -0.25) is 9.59 Å². The summed E-state index contributed by atoms with van der Waals surface area (Å²) in [4.78, 5) is 35.4. The third kappa shape index (κ3) is 5.13. The van der Waals surface area contributed by atoms with E-state index in [2.05, 4.69) is 15.3 Å². The molecule has 1 aromatic carbocycles. The lowest BCUT2D eigenvalue weighted by atomic mass is 10.1. The quantitative estimate of drug-likeness (QED) is 0.654. The fraction of sp³-hybridized carbons (Fsp3) is 0.400. The first-order valence-corrected chi connectivity index (χ1v) is 9.40. The Labute approximate surface area is 169 Å². The average Bonchev–Trinajstić information content (AvgIpc) is 2.79. The van der Waals surface area contributed by atoms with Gasteiger partial charge in [0.25, 0.3) is 5.91 Å². The smallest absolute Gasteiger partial charge is 0.271 e. The van der Waals surface area contributed by atoms with Gasteiger partial charge in [0.1, 0.15) is 11.5 Å². The number of aromatic nitrogens is 2. The van der Waals surface area contributed by atoms with Crippen molar-refractivity contribution < 1.29 is 19.1 Å². The van der Waals surface area contributed by atoms with Crippen molar-refractivity contribution in [2.75, 3.05) is 51.8 Å². The number of amides is 2. The van der Waals surface area contributed by atoms with Crippen molar-refractivity contribution in [2.45, 2.75) is 6.42 Å². The Morgan fingerprint density at radius 1 is 1.10 bits per heavy atom. The SMILES string of the molecule is COc1ccc(CCNC(=O)c2cnc(N3CCN(C=O)CC3)cn2)cc1OC. The van der Waals surface area contributed by atoms with Gasteiger partial charge in [0.15, 0.2) is 11.5 Å². The summed E-state index contributed by atoms with van der Waals surface area (Å²) in [5.74, 6) is 1.77. The van der Waals surface area contributed by atoms with Crippen LogP contribution in [0.5, 0.6) is 11.5 Å². The zero-order valence-electron chi connectivity index (χ0n) is 16.6. The molecule has 2 aromatic rings. The molecule has 1 N–H and O–H groups in total. The summed E-state index contributed by atoms with van der Waals surface area (Å²) in [7, 11) is 3.18. The molecule has 1 aliphatic rings. The Morgan fingerprint density at radius 2 is 1.86 bits per heavy atom. The number of hydrogen-bond acceptors (Lipinski definition) is 7. The molecule has 3 rings (SSSR count). The van der Waals surface area contributed by atoms with Gasteiger partial charge in [0, 0.05) is 32.7 Å². The summed E-state index contributed by atoms with van der Waals surface area (Å²) in [6.07, 6.45) is 4.59. The second kappa shape index (κ2) is 9.72. The van der Waals surface area contributed by atoms with Crippen LogP contribution in [0.3, 0.4) is 0 Å². The summed E-state index contributed by atoms with van der Waals surface area (Å²) in [5, 5.41) is 2.85. The Morgan fingerprint density at radius 3 is 2.48 bits per heavy atom. The minimum absolute atomic E-state index is 0.268. The molecular weight excluding hydrogens is 374 g/mol. The fourth-order valence-corrected chi connectivity index (χ4v) is 3.11. The van der Waals surface area contributed by atoms with Crippen LogP contribution < -0.4 is 19.7 Å². The minimum Gasteiger partial charge on any atom is -0.493 e. The van der Waals surface area contributed by atoms with Gasteiger partial charge in [-0.2, -0.15) is 0 Å². The van der Waals surface area contributed by atoms with Crippen LogP contribution in [0, 0.1) is 0 Å². The third-order valence-electron chi connectivity index (χ3n) is 4.81. The minimum atomic E-state index is -0.268. The molecule has 2 amide bonds. The van der Waals surface area contributed by atoms with E-state index in [0.29, 0.717) is 56.5 Å². The van der Waals surface area contributed by atoms with Gasteiger partial charge in [-0.25, -0.2) is 9.97 Å². The second-order valence-corrected chi connectivity index (χ2v) is 6.58. The number of methoxy groups -OCH3 is 2. The normalized spacial score (nSPS) is 13.7. The Balaban J connectivity index is 1.50. The van der Waals surface area contributed by atoms with Gasteiger partial charge in [0.05, 0.1) is 26.6 Å². The van der Waals surface area contributed by atoms with Crippen LogP contribution in [-0.2, 0) is 11.2 Å². The maximum absolute atomic E-state index is 12.3. The van der Waals surface area contributed by atoms with Crippen molar-refractivity contribution >= 4 is 18.1 Å². The van der Waals surface area contributed by atoms with E-state index in [1.807, 2.05) is 23.1 Å². The van der Waals surface area contributed by atoms with Crippen LogP contribution in [0.25, 0.3) is 0 Å². The number of nitrogens with zero attached hydrogens (tertiary/aromatic N) is 4. The highest BCUT2D eigenvalue weighted by Gasteiger charge is 2.17. The summed E-state index contributed by atoms with van der Waals surface area (Å²) in [6.45, 7) is 3.17. The van der Waals surface area contributed by atoms with Crippen LogP contribution in [0.4, 0.5) is 5.82 Å². The first-order valence-electron chi connectivity index (χ1n) is 9.40. The molecule has 9 nitrogen and oxygen atoms in total. The molecule has 0 atom stereocenters. The van der Waals surface area contributed by atoms with Crippen molar-refractivity contribution in [3.63, 3.8) is 0 Å². The zero-order valence-corrected chi connectivity index (χ0v) is 16.6. The summed E-state index contributed by atoms with van der Waals surface area (Å²) >= 11 is 0. The van der Waals surface area contributed by atoms with Crippen molar-refractivity contribution in [3.8, 4) is 11.5 Å². The van der Waals surface area contributed by atoms with Gasteiger partial charge in [-0.05, 0) is 24.1 Å². The van der Waals surface area contributed by atoms with Gasteiger partial charge in [0.2, 0.25) is 6.41 Å². The highest BCUT2D eigenvalue weighted by atomic mass is 16.5. The van der Waals surface area contributed by atoms with Crippen molar-refractivity contribution in [3.05, 3.63) is 41.9 Å². The van der Waals surface area contributed by atoms with Crippen molar-refractivity contribution in [1.29, 1.82) is 0 Å². The Bertz CT molecular complexity index is 835. The number of benzene rings is 1. The van der Waals surface area contributed by atoms with Crippen molar-refractivity contribution in [1.82, 2.24) is 20.2 Å². The van der Waals surface area contributed by atoms with Crippen LogP contribution in [0.1, 0.15) is 16.1 Å². The number of piperazine rings is 1. The van der Waals surface area contributed by atoms with E-state index in [9.17, 15) is 9.59 Å². The van der Waals surface area contributed by atoms with Gasteiger partial charge in [-0.1, -0.05) is 6.07 Å². The molecule has 9 heteroatoms. The molecule has 1 saturated heterocycles. The van der Waals surface area contributed by atoms with E-state index in [-0.39, 0.29) is 11.6 Å². The number of rotatable bonds is 8. The van der Waals surface area contributed by atoms with Crippen molar-refractivity contribution in [2.24, 2.45) is 0 Å². The highest BCUT2D eigenvalue weighted by molar-refractivity contribution is 5.92. The van der Waals surface area contributed by atoms with Crippen LogP contribution in [0.2, 0.25) is 0 Å². The first-order chi connectivity index (χ1) is 14.1. The maximum atomic E-state index is 12.3. The van der Waals surface area contributed by atoms with Gasteiger partial charge < -0.3 is 24.6 Å². The largest absolute Gasteiger partial charge is 0.493 e. The predicted octanol–water partition coefficient (Wildman–Crippen LogP) is 0.745. The highest BCUT2D eigenvalue weighted by Crippen LogP contribution is 2.27. The monoisotopic (exact) mass is 399 g/mol. The zero-order chi connectivity index (χ0) is 20.6. The second-order valence-electron chi connectivity index (χ2n) is 6.58. The van der Waals surface area contributed by atoms with Gasteiger partial charge >= 0.3 is 0 Å². The number of hydrogen-bond donors (Lipinski definition) is 1. The summed E-state index contributed by atoms with van der Waals surface area (Å²) in [5.41, 5.74) is 1.30. The molecule has 0 saturated carbocycles. The third-order valence-corrected chi connectivity index (χ3v) is 4.81. The Kier molecular flexibility index (Phi) is 6.83. The molecule has 29 heavy (non-hydrogen) atoms. The molecule has 0 aliphatic carbocycles. The maximum Gasteiger partial charge on any atom is 0.271 e. The number of carbonyl (C=O) groups excluding carboxylic acids is 2. The average molecular weight is 399 g/mol. The van der Waals surface area contributed by atoms with E-state index in [0.717, 1.165) is 12.0 Å². The first kappa shape index (κ1) is 20.4. The lowest BCUT2D eigenvalue weighted by molar-refractivity contribution is -0.118. The molecule has 0 radical (unpaired) electrons. The Hall–Kier alpha value is -3.36. The summed E-state index contributed by atoms with van der Waals surface area (Å²) in [6, 6.07) is 5.67. The van der Waals surface area contributed by atoms with E-state index in [4.69, 9.17) is 9.47 Å². The number of ether oxygens (including phenoxy) is 2. The molecule has 0 bridgehead atoms. The molecule has 1 aromatic heterocycles. The van der Waals surface area contributed by atoms with Crippen LogP contribution in [0.15, 0.2) is 30.6 Å². The van der Waals surface area contributed by atoms with Crippen LogP contribution >= 0.6 is 0 Å². The lowest BCUT2D eigenvalue weighted by Crippen LogP contribution is -2.46. The van der Waals surface area contributed by atoms with E-state index >= 15 is 0 Å². The number of carbonyl (C=O) groups is 2. The van der Waals surface area contributed by atoms with Gasteiger partial charge in [-0.15, -0.1) is 0 Å². The molecule has 0 unspecified atom stereocenters. The standard InChI is InChI=1S/C20H25N5O4/c1-28-17-4-3-15(11-18(17)29-2)5-6-21-20(27)16-12-23-19(13-22-16)25-9-7-24(14-26)8-10-25/h3-4,11-14H,5-10H2,1-2H3,(H,21,27). The molecule has 1 fully saturated rings. The summed E-state index contributed by atoms with van der Waals surface area (Å²) < 4.78 is 10.5. The lowest BCUT2D eigenvalue weighted by Gasteiger charge is -2.33. The number of nitrogens with one attached hydrogen (secondary N) is 1. The molecular formula is C20H25N5O4. The fourth-order valence-electron chi connectivity index (χ4n) is 3.11.